The number of nitrogens with one attached hydrogen (secondary N) is 1. The molecule has 1 amide bonds. The molecular formula is C21H26N2O5S. The Morgan fingerprint density at radius 1 is 1.17 bits per heavy atom. The second-order valence-corrected chi connectivity index (χ2v) is 8.81. The third-order valence-corrected chi connectivity index (χ3v) is 6.87. The number of morpholine rings is 1. The van der Waals surface area contributed by atoms with Crippen LogP contribution in [-0.4, -0.2) is 58.6 Å². The van der Waals surface area contributed by atoms with Crippen molar-refractivity contribution in [2.45, 2.75) is 17.7 Å². The molecule has 156 valence electrons. The van der Waals surface area contributed by atoms with Crippen LogP contribution in [0, 0.1) is 0 Å². The summed E-state index contributed by atoms with van der Waals surface area (Å²) in [5.41, 5.74) is 1.40. The summed E-state index contributed by atoms with van der Waals surface area (Å²) in [5.74, 6) is 0.0227. The molecule has 29 heavy (non-hydrogen) atoms. The molecule has 0 saturated carbocycles. The van der Waals surface area contributed by atoms with Crippen LogP contribution in [0.2, 0.25) is 0 Å². The number of ether oxygens (including phenoxy) is 2. The van der Waals surface area contributed by atoms with E-state index in [9.17, 15) is 13.2 Å². The van der Waals surface area contributed by atoms with Gasteiger partial charge in [-0.15, -0.1) is 0 Å². The molecule has 0 radical (unpaired) electrons. The topological polar surface area (TPSA) is 84.9 Å². The lowest BCUT2D eigenvalue weighted by atomic mass is 10.0. The first-order chi connectivity index (χ1) is 13.9. The standard InChI is InChI=1S/C21H26N2O5S/c1-16(17-6-4-3-5-7-17)15-22-21(24)18-8-9-19(27-2)20(14-18)29(25,26)23-10-12-28-13-11-23/h3-9,14,16H,10-13,15H2,1-2H3,(H,22,24)/t16-/m1/s1. The van der Waals surface area contributed by atoms with Gasteiger partial charge in [-0.25, -0.2) is 8.42 Å². The quantitative estimate of drug-likeness (QED) is 0.746. The number of methoxy groups -OCH3 is 1. The molecule has 0 aliphatic carbocycles. The monoisotopic (exact) mass is 418 g/mol. The molecule has 2 aromatic rings. The molecule has 0 aromatic heterocycles. The lowest BCUT2D eigenvalue weighted by Crippen LogP contribution is -2.40. The highest BCUT2D eigenvalue weighted by molar-refractivity contribution is 7.89. The normalized spacial score (nSPS) is 16.2. The Hall–Kier alpha value is -2.42. The van der Waals surface area contributed by atoms with E-state index in [2.05, 4.69) is 5.32 Å². The van der Waals surface area contributed by atoms with Crippen molar-refractivity contribution in [2.24, 2.45) is 0 Å². The van der Waals surface area contributed by atoms with Crippen LogP contribution >= 0.6 is 0 Å². The van der Waals surface area contributed by atoms with E-state index in [1.54, 1.807) is 6.07 Å². The van der Waals surface area contributed by atoms with Crippen LogP contribution in [0.4, 0.5) is 0 Å². The molecule has 1 N–H and O–H groups in total. The minimum absolute atomic E-state index is 0.00865. The number of hydrogen-bond donors (Lipinski definition) is 1. The van der Waals surface area contributed by atoms with Crippen molar-refractivity contribution in [3.8, 4) is 5.75 Å². The molecule has 0 unspecified atom stereocenters. The first kappa shape index (κ1) is 21.3. The number of hydrogen-bond acceptors (Lipinski definition) is 5. The van der Waals surface area contributed by atoms with Gasteiger partial charge in [0.1, 0.15) is 10.6 Å². The highest BCUT2D eigenvalue weighted by Gasteiger charge is 2.30. The van der Waals surface area contributed by atoms with Crippen LogP contribution < -0.4 is 10.1 Å². The van der Waals surface area contributed by atoms with Crippen LogP contribution in [-0.2, 0) is 14.8 Å². The maximum atomic E-state index is 13.1. The van der Waals surface area contributed by atoms with E-state index >= 15 is 0 Å². The molecule has 0 bridgehead atoms. The van der Waals surface area contributed by atoms with Crippen LogP contribution in [0.1, 0.15) is 28.8 Å². The fourth-order valence-electron chi connectivity index (χ4n) is 3.19. The third kappa shape index (κ3) is 4.95. The van der Waals surface area contributed by atoms with Crippen molar-refractivity contribution in [1.29, 1.82) is 0 Å². The first-order valence-electron chi connectivity index (χ1n) is 9.52. The molecule has 2 aromatic carbocycles. The minimum atomic E-state index is -3.79. The zero-order valence-electron chi connectivity index (χ0n) is 16.6. The van der Waals surface area contributed by atoms with Gasteiger partial charge in [0.2, 0.25) is 10.0 Å². The average Bonchev–Trinajstić information content (AvgIpc) is 2.77. The zero-order chi connectivity index (χ0) is 20.9. The fourth-order valence-corrected chi connectivity index (χ4v) is 4.78. The summed E-state index contributed by atoms with van der Waals surface area (Å²) in [7, 11) is -2.38. The summed E-state index contributed by atoms with van der Waals surface area (Å²) in [5, 5.41) is 2.88. The number of carbonyl (C=O) groups excluding carboxylic acids is 1. The van der Waals surface area contributed by atoms with Gasteiger partial charge in [-0.1, -0.05) is 37.3 Å². The molecule has 1 aliphatic rings. The highest BCUT2D eigenvalue weighted by Crippen LogP contribution is 2.28. The fraction of sp³-hybridized carbons (Fsp3) is 0.381. The predicted octanol–water partition coefficient (Wildman–Crippen LogP) is 2.25. The van der Waals surface area contributed by atoms with E-state index in [0.29, 0.717) is 19.8 Å². The van der Waals surface area contributed by atoms with Gasteiger partial charge in [-0.3, -0.25) is 4.79 Å². The largest absolute Gasteiger partial charge is 0.495 e. The van der Waals surface area contributed by atoms with E-state index in [-0.39, 0.29) is 41.1 Å². The average molecular weight is 419 g/mol. The van der Waals surface area contributed by atoms with Crippen molar-refractivity contribution in [3.63, 3.8) is 0 Å². The first-order valence-corrected chi connectivity index (χ1v) is 11.0. The molecule has 1 saturated heterocycles. The van der Waals surface area contributed by atoms with Gasteiger partial charge in [0.15, 0.2) is 0 Å². The van der Waals surface area contributed by atoms with Crippen LogP contribution in [0.3, 0.4) is 0 Å². The smallest absolute Gasteiger partial charge is 0.251 e. The number of benzene rings is 2. The molecule has 1 atom stereocenters. The highest BCUT2D eigenvalue weighted by atomic mass is 32.2. The summed E-state index contributed by atoms with van der Waals surface area (Å²) in [6.45, 7) is 3.71. The minimum Gasteiger partial charge on any atom is -0.495 e. The number of carbonyl (C=O) groups is 1. The summed E-state index contributed by atoms with van der Waals surface area (Å²) in [6.07, 6.45) is 0. The van der Waals surface area contributed by atoms with Crippen molar-refractivity contribution in [1.82, 2.24) is 9.62 Å². The van der Waals surface area contributed by atoms with Gasteiger partial charge >= 0.3 is 0 Å². The lowest BCUT2D eigenvalue weighted by Gasteiger charge is -2.26. The summed E-state index contributed by atoms with van der Waals surface area (Å²) in [6, 6.07) is 14.4. The molecule has 1 heterocycles. The Bertz CT molecular complexity index is 941. The van der Waals surface area contributed by atoms with Crippen molar-refractivity contribution < 1.29 is 22.7 Å². The molecule has 7 nitrogen and oxygen atoms in total. The van der Waals surface area contributed by atoms with E-state index in [0.717, 1.165) is 5.56 Å². The van der Waals surface area contributed by atoms with Crippen LogP contribution in [0.15, 0.2) is 53.4 Å². The second kappa shape index (κ2) is 9.39. The third-order valence-electron chi connectivity index (χ3n) is 4.95. The van der Waals surface area contributed by atoms with E-state index in [1.165, 1.54) is 23.5 Å². The summed E-state index contributed by atoms with van der Waals surface area (Å²) in [4.78, 5) is 12.6. The maximum absolute atomic E-state index is 13.1. The Morgan fingerprint density at radius 3 is 2.52 bits per heavy atom. The van der Waals surface area contributed by atoms with Crippen molar-refractivity contribution >= 4 is 15.9 Å². The summed E-state index contributed by atoms with van der Waals surface area (Å²) < 4.78 is 37.9. The lowest BCUT2D eigenvalue weighted by molar-refractivity contribution is 0.0729. The van der Waals surface area contributed by atoms with Crippen molar-refractivity contribution in [2.75, 3.05) is 40.0 Å². The zero-order valence-corrected chi connectivity index (χ0v) is 17.4. The Kier molecular flexibility index (Phi) is 6.89. The molecule has 8 heteroatoms. The van der Waals surface area contributed by atoms with Gasteiger partial charge < -0.3 is 14.8 Å². The number of amides is 1. The van der Waals surface area contributed by atoms with Crippen LogP contribution in [0.25, 0.3) is 0 Å². The molecule has 1 fully saturated rings. The molecule has 3 rings (SSSR count). The second-order valence-electron chi connectivity index (χ2n) is 6.90. The van der Waals surface area contributed by atoms with Gasteiger partial charge in [0, 0.05) is 25.2 Å². The Balaban J connectivity index is 1.78. The molecular weight excluding hydrogens is 392 g/mol. The predicted molar refractivity (Wildman–Crippen MR) is 110 cm³/mol. The summed E-state index contributed by atoms with van der Waals surface area (Å²) >= 11 is 0. The number of sulfonamides is 1. The molecule has 0 spiro atoms. The SMILES string of the molecule is COc1ccc(C(=O)NC[C@@H](C)c2ccccc2)cc1S(=O)(=O)N1CCOCC1. The number of rotatable bonds is 7. The van der Waals surface area contributed by atoms with Crippen molar-refractivity contribution in [3.05, 3.63) is 59.7 Å². The van der Waals surface area contributed by atoms with Crippen LogP contribution in [0.5, 0.6) is 5.75 Å². The van der Waals surface area contributed by atoms with E-state index in [1.807, 2.05) is 37.3 Å². The Labute approximate surface area is 171 Å². The van der Waals surface area contributed by atoms with Gasteiger partial charge in [-0.05, 0) is 29.7 Å². The van der Waals surface area contributed by atoms with Gasteiger partial charge in [-0.2, -0.15) is 4.31 Å². The van der Waals surface area contributed by atoms with E-state index < -0.39 is 10.0 Å². The number of nitrogens with zero attached hydrogens (tertiary/aromatic N) is 1. The van der Waals surface area contributed by atoms with E-state index in [4.69, 9.17) is 9.47 Å². The maximum Gasteiger partial charge on any atom is 0.251 e. The Morgan fingerprint density at radius 2 is 1.86 bits per heavy atom. The van der Waals surface area contributed by atoms with Gasteiger partial charge in [0.25, 0.3) is 5.91 Å². The van der Waals surface area contributed by atoms with Gasteiger partial charge in [0.05, 0.1) is 20.3 Å². The molecule has 1 aliphatic heterocycles.